The van der Waals surface area contributed by atoms with Crippen molar-refractivity contribution in [2.45, 2.75) is 0 Å². The van der Waals surface area contributed by atoms with Crippen LogP contribution < -0.4 is 15.2 Å². The first kappa shape index (κ1) is 7.60. The van der Waals surface area contributed by atoms with Gasteiger partial charge in [0.2, 0.25) is 0 Å². The molecule has 0 aliphatic carbocycles. The summed E-state index contributed by atoms with van der Waals surface area (Å²) in [6.07, 6.45) is 0. The van der Waals surface area contributed by atoms with Crippen LogP contribution in [0.3, 0.4) is 0 Å². The standard InChI is InChI=1S/C8H7NO4/c9-4-2-1-3-5-6(4)13-8(11)7(10)12-5/h1-3,10-11H,9H2. The Morgan fingerprint density at radius 3 is 2.54 bits per heavy atom. The first-order chi connectivity index (χ1) is 6.18. The molecule has 5 nitrogen and oxygen atoms in total. The van der Waals surface area contributed by atoms with Crippen molar-refractivity contribution in [3.8, 4) is 11.5 Å². The summed E-state index contributed by atoms with van der Waals surface area (Å²) in [5, 5.41) is 17.9. The van der Waals surface area contributed by atoms with E-state index in [1.807, 2.05) is 0 Å². The van der Waals surface area contributed by atoms with Gasteiger partial charge >= 0.3 is 11.9 Å². The van der Waals surface area contributed by atoms with Crippen molar-refractivity contribution >= 4 is 5.69 Å². The number of hydrogen-bond donors (Lipinski definition) is 3. The molecule has 0 saturated carbocycles. The van der Waals surface area contributed by atoms with Gasteiger partial charge in [0.05, 0.1) is 5.69 Å². The Bertz CT molecular complexity index is 386. The second-order valence-corrected chi connectivity index (χ2v) is 2.49. The zero-order valence-electron chi connectivity index (χ0n) is 6.52. The summed E-state index contributed by atoms with van der Waals surface area (Å²) in [4.78, 5) is 0. The van der Waals surface area contributed by atoms with Crippen LogP contribution in [0.1, 0.15) is 0 Å². The summed E-state index contributed by atoms with van der Waals surface area (Å²) in [6, 6.07) is 4.80. The van der Waals surface area contributed by atoms with Gasteiger partial charge < -0.3 is 25.4 Å². The van der Waals surface area contributed by atoms with Crippen molar-refractivity contribution in [1.29, 1.82) is 0 Å². The van der Waals surface area contributed by atoms with Gasteiger partial charge in [-0.05, 0) is 12.1 Å². The van der Waals surface area contributed by atoms with Crippen molar-refractivity contribution in [3.63, 3.8) is 0 Å². The Kier molecular flexibility index (Phi) is 1.45. The van der Waals surface area contributed by atoms with Crippen LogP contribution in [-0.2, 0) is 0 Å². The lowest BCUT2D eigenvalue weighted by Gasteiger charge is -2.17. The number of rotatable bonds is 0. The Balaban J connectivity index is 2.50. The predicted octanol–water partition coefficient (Wildman–Crippen LogP) is 1.28. The fourth-order valence-corrected chi connectivity index (χ4v) is 1.01. The van der Waals surface area contributed by atoms with Crippen molar-refractivity contribution in [3.05, 3.63) is 30.1 Å². The van der Waals surface area contributed by atoms with Crippen LogP contribution >= 0.6 is 0 Å². The molecular formula is C8H7NO4. The molecule has 68 valence electrons. The monoisotopic (exact) mass is 181 g/mol. The second kappa shape index (κ2) is 2.48. The lowest BCUT2D eigenvalue weighted by molar-refractivity contribution is 0.0859. The molecule has 0 amide bonds. The lowest BCUT2D eigenvalue weighted by Crippen LogP contribution is -2.12. The van der Waals surface area contributed by atoms with Gasteiger partial charge in [-0.3, -0.25) is 0 Å². The normalized spacial score (nSPS) is 14.5. The molecule has 4 N–H and O–H groups in total. The summed E-state index contributed by atoms with van der Waals surface area (Å²) in [5.41, 5.74) is 5.86. The van der Waals surface area contributed by atoms with E-state index in [0.29, 0.717) is 5.69 Å². The molecule has 13 heavy (non-hydrogen) atoms. The van der Waals surface area contributed by atoms with E-state index in [1.54, 1.807) is 18.2 Å². The first-order valence-electron chi connectivity index (χ1n) is 3.55. The summed E-state index contributed by atoms with van der Waals surface area (Å²) < 4.78 is 9.62. The average Bonchev–Trinajstić information content (AvgIpc) is 2.09. The van der Waals surface area contributed by atoms with E-state index in [2.05, 4.69) is 0 Å². The summed E-state index contributed by atoms with van der Waals surface area (Å²) in [5.74, 6) is -0.878. The molecule has 0 unspecified atom stereocenters. The number of ether oxygens (including phenoxy) is 2. The number of aliphatic hydroxyl groups excluding tert-OH is 2. The molecule has 2 rings (SSSR count). The van der Waals surface area contributed by atoms with Gasteiger partial charge in [0.15, 0.2) is 11.5 Å². The zero-order chi connectivity index (χ0) is 9.42. The van der Waals surface area contributed by atoms with Crippen LogP contribution in [-0.4, -0.2) is 10.2 Å². The first-order valence-corrected chi connectivity index (χ1v) is 3.55. The Hall–Kier alpha value is -2.04. The third kappa shape index (κ3) is 1.10. The zero-order valence-corrected chi connectivity index (χ0v) is 6.52. The van der Waals surface area contributed by atoms with Gasteiger partial charge in [-0.1, -0.05) is 6.07 Å². The maximum atomic E-state index is 8.98. The van der Waals surface area contributed by atoms with Gasteiger partial charge in [-0.2, -0.15) is 0 Å². The molecule has 1 aromatic rings. The highest BCUT2D eigenvalue weighted by atomic mass is 16.7. The van der Waals surface area contributed by atoms with Crippen molar-refractivity contribution in [2.24, 2.45) is 0 Å². The Morgan fingerprint density at radius 2 is 1.77 bits per heavy atom. The SMILES string of the molecule is Nc1cccc2c1OC(O)=C(O)O2. The largest absolute Gasteiger partial charge is 0.476 e. The number of fused-ring (bicyclic) bond motifs is 1. The highest BCUT2D eigenvalue weighted by Crippen LogP contribution is 2.38. The van der Waals surface area contributed by atoms with Crippen LogP contribution in [0, 0.1) is 0 Å². The number of nitrogen functional groups attached to an aromatic ring is 1. The number of para-hydroxylation sites is 1. The quantitative estimate of drug-likeness (QED) is 0.525. The number of hydrogen-bond acceptors (Lipinski definition) is 5. The van der Waals surface area contributed by atoms with Crippen molar-refractivity contribution in [1.82, 2.24) is 0 Å². The molecular weight excluding hydrogens is 174 g/mol. The van der Waals surface area contributed by atoms with Gasteiger partial charge in [-0.15, -0.1) is 0 Å². The van der Waals surface area contributed by atoms with E-state index < -0.39 is 11.9 Å². The molecule has 1 aromatic carbocycles. The molecule has 0 bridgehead atoms. The number of aliphatic hydroxyl groups is 2. The van der Waals surface area contributed by atoms with E-state index in [1.165, 1.54) is 0 Å². The topological polar surface area (TPSA) is 84.9 Å². The number of benzene rings is 1. The summed E-state index contributed by atoms with van der Waals surface area (Å²) in [6.45, 7) is 0. The van der Waals surface area contributed by atoms with E-state index in [-0.39, 0.29) is 11.5 Å². The van der Waals surface area contributed by atoms with Gasteiger partial charge in [0.25, 0.3) is 0 Å². The molecule has 0 fully saturated rings. The minimum atomic E-state index is -0.689. The highest BCUT2D eigenvalue weighted by Gasteiger charge is 2.22. The van der Waals surface area contributed by atoms with Crippen LogP contribution in [0.25, 0.3) is 0 Å². The highest BCUT2D eigenvalue weighted by molar-refractivity contribution is 5.61. The molecule has 0 aromatic heterocycles. The predicted molar refractivity (Wildman–Crippen MR) is 44.4 cm³/mol. The van der Waals surface area contributed by atoms with Crippen LogP contribution in [0.5, 0.6) is 11.5 Å². The van der Waals surface area contributed by atoms with E-state index in [4.69, 9.17) is 25.4 Å². The number of anilines is 1. The molecule has 1 aliphatic rings. The van der Waals surface area contributed by atoms with Gasteiger partial charge in [-0.25, -0.2) is 0 Å². The van der Waals surface area contributed by atoms with Crippen molar-refractivity contribution in [2.75, 3.05) is 5.73 Å². The summed E-state index contributed by atoms with van der Waals surface area (Å²) >= 11 is 0. The third-order valence-corrected chi connectivity index (χ3v) is 1.60. The lowest BCUT2D eigenvalue weighted by atomic mass is 10.2. The fourth-order valence-electron chi connectivity index (χ4n) is 1.01. The molecule has 5 heteroatoms. The van der Waals surface area contributed by atoms with Crippen LogP contribution in [0.15, 0.2) is 30.1 Å². The average molecular weight is 181 g/mol. The van der Waals surface area contributed by atoms with E-state index in [9.17, 15) is 0 Å². The second-order valence-electron chi connectivity index (χ2n) is 2.49. The van der Waals surface area contributed by atoms with E-state index >= 15 is 0 Å². The van der Waals surface area contributed by atoms with Gasteiger partial charge in [0.1, 0.15) is 0 Å². The number of nitrogens with two attached hydrogens (primary N) is 1. The molecule has 1 heterocycles. The van der Waals surface area contributed by atoms with Crippen molar-refractivity contribution < 1.29 is 19.7 Å². The molecule has 0 saturated heterocycles. The molecule has 0 radical (unpaired) electrons. The smallest absolute Gasteiger partial charge is 0.367 e. The Labute approximate surface area is 73.6 Å². The minimum absolute atomic E-state index is 0.206. The third-order valence-electron chi connectivity index (χ3n) is 1.60. The minimum Gasteiger partial charge on any atom is -0.476 e. The summed E-state index contributed by atoms with van der Waals surface area (Å²) in [7, 11) is 0. The fraction of sp³-hybridized carbons (Fsp3) is 0. The van der Waals surface area contributed by atoms with Crippen LogP contribution in [0.4, 0.5) is 5.69 Å². The molecule has 0 spiro atoms. The molecule has 1 aliphatic heterocycles. The molecule has 0 atom stereocenters. The maximum absolute atomic E-state index is 8.98. The Morgan fingerprint density at radius 1 is 1.08 bits per heavy atom. The van der Waals surface area contributed by atoms with E-state index in [0.717, 1.165) is 0 Å². The van der Waals surface area contributed by atoms with Crippen LogP contribution in [0.2, 0.25) is 0 Å². The maximum Gasteiger partial charge on any atom is 0.367 e. The van der Waals surface area contributed by atoms with Gasteiger partial charge in [0, 0.05) is 0 Å².